The molecule has 3 aromatic rings. The third kappa shape index (κ3) is 6.23. The Bertz CT molecular complexity index is 1000. The summed E-state index contributed by atoms with van der Waals surface area (Å²) in [5.74, 6) is 0.293. The number of alkyl halides is 3. The minimum absolute atomic E-state index is 0.134. The molecule has 0 aliphatic rings. The number of anilines is 2. The van der Waals surface area contributed by atoms with Crippen LogP contribution in [0, 0.1) is 0 Å². The van der Waals surface area contributed by atoms with Gasteiger partial charge in [0.1, 0.15) is 11.6 Å². The monoisotopic (exact) mass is 438 g/mol. The van der Waals surface area contributed by atoms with Gasteiger partial charge in [-0.2, -0.15) is 4.98 Å². The molecule has 0 amide bonds. The van der Waals surface area contributed by atoms with Crippen LogP contribution in [0.1, 0.15) is 5.56 Å². The van der Waals surface area contributed by atoms with Gasteiger partial charge in [-0.05, 0) is 23.8 Å². The topological polar surface area (TPSA) is 79.3 Å². The van der Waals surface area contributed by atoms with Gasteiger partial charge in [-0.1, -0.05) is 41.9 Å². The number of hydrogen-bond donors (Lipinski definition) is 3. The van der Waals surface area contributed by atoms with Crippen molar-refractivity contribution in [1.82, 2.24) is 9.97 Å². The van der Waals surface area contributed by atoms with Gasteiger partial charge in [0.2, 0.25) is 5.95 Å². The SMILES string of the molecule is OCCNc1nc(NCc2ccccc2Cl)cc(-c2cccc(OC(F)(F)F)c2)n1. The Labute approximate surface area is 175 Å². The van der Waals surface area contributed by atoms with Crippen molar-refractivity contribution in [3.8, 4) is 17.0 Å². The van der Waals surface area contributed by atoms with Gasteiger partial charge >= 0.3 is 6.36 Å². The molecule has 0 aliphatic heterocycles. The first-order chi connectivity index (χ1) is 14.3. The van der Waals surface area contributed by atoms with E-state index in [1.165, 1.54) is 18.2 Å². The Morgan fingerprint density at radius 3 is 2.53 bits per heavy atom. The normalized spacial score (nSPS) is 11.2. The molecule has 3 rings (SSSR count). The molecule has 30 heavy (non-hydrogen) atoms. The summed E-state index contributed by atoms with van der Waals surface area (Å²) < 4.78 is 41.6. The fourth-order valence-corrected chi connectivity index (χ4v) is 2.82. The molecule has 158 valence electrons. The number of halogens is 4. The summed E-state index contributed by atoms with van der Waals surface area (Å²) in [6.45, 7) is 0.461. The second-order valence-electron chi connectivity index (χ2n) is 6.13. The minimum Gasteiger partial charge on any atom is -0.406 e. The molecule has 1 aromatic heterocycles. The quantitative estimate of drug-likeness (QED) is 0.472. The predicted octanol–water partition coefficient (Wildman–Crippen LogP) is 4.71. The summed E-state index contributed by atoms with van der Waals surface area (Å²) in [6.07, 6.45) is -4.79. The number of benzene rings is 2. The van der Waals surface area contributed by atoms with Gasteiger partial charge in [0, 0.05) is 29.7 Å². The van der Waals surface area contributed by atoms with Gasteiger partial charge in [-0.15, -0.1) is 13.2 Å². The molecule has 0 atom stereocenters. The fraction of sp³-hybridized carbons (Fsp3) is 0.200. The molecule has 0 bridgehead atoms. The van der Waals surface area contributed by atoms with Gasteiger partial charge in [0.25, 0.3) is 0 Å². The first-order valence-corrected chi connectivity index (χ1v) is 9.29. The highest BCUT2D eigenvalue weighted by atomic mass is 35.5. The molecule has 0 fully saturated rings. The van der Waals surface area contributed by atoms with Crippen molar-refractivity contribution in [3.05, 3.63) is 65.2 Å². The number of ether oxygens (including phenoxy) is 1. The number of nitrogens with one attached hydrogen (secondary N) is 2. The van der Waals surface area contributed by atoms with E-state index < -0.39 is 6.36 Å². The Kier molecular flexibility index (Phi) is 6.96. The second-order valence-corrected chi connectivity index (χ2v) is 6.54. The van der Waals surface area contributed by atoms with Gasteiger partial charge in [-0.3, -0.25) is 0 Å². The van der Waals surface area contributed by atoms with Crippen LogP contribution in [0.25, 0.3) is 11.3 Å². The summed E-state index contributed by atoms with van der Waals surface area (Å²) >= 11 is 6.17. The molecule has 6 nitrogen and oxygen atoms in total. The number of rotatable bonds is 8. The zero-order valence-corrected chi connectivity index (χ0v) is 16.3. The first kappa shape index (κ1) is 21.7. The summed E-state index contributed by atoms with van der Waals surface area (Å²) in [6, 6.07) is 14.4. The molecule has 2 aromatic carbocycles. The highest BCUT2D eigenvalue weighted by molar-refractivity contribution is 6.31. The molecule has 10 heteroatoms. The predicted molar refractivity (Wildman–Crippen MR) is 109 cm³/mol. The zero-order chi connectivity index (χ0) is 21.6. The summed E-state index contributed by atoms with van der Waals surface area (Å²) in [5, 5.41) is 15.6. The number of aliphatic hydroxyl groups excluding tert-OH is 1. The molecule has 0 radical (unpaired) electrons. The van der Waals surface area contributed by atoms with Crippen molar-refractivity contribution in [3.63, 3.8) is 0 Å². The van der Waals surface area contributed by atoms with Crippen LogP contribution in [-0.2, 0) is 6.54 Å². The van der Waals surface area contributed by atoms with Crippen LogP contribution in [0.2, 0.25) is 5.02 Å². The highest BCUT2D eigenvalue weighted by Gasteiger charge is 2.31. The third-order valence-electron chi connectivity index (χ3n) is 3.90. The fourth-order valence-electron chi connectivity index (χ4n) is 2.61. The van der Waals surface area contributed by atoms with Crippen molar-refractivity contribution >= 4 is 23.4 Å². The maximum Gasteiger partial charge on any atom is 0.573 e. The molecular formula is C20H18ClF3N4O2. The molecular weight excluding hydrogens is 421 g/mol. The smallest absolute Gasteiger partial charge is 0.406 e. The van der Waals surface area contributed by atoms with E-state index in [9.17, 15) is 13.2 Å². The number of hydrogen-bond acceptors (Lipinski definition) is 6. The average molecular weight is 439 g/mol. The number of aromatic nitrogens is 2. The lowest BCUT2D eigenvalue weighted by Gasteiger charge is -2.13. The van der Waals surface area contributed by atoms with Crippen LogP contribution >= 0.6 is 11.6 Å². The maximum atomic E-state index is 12.5. The van der Waals surface area contributed by atoms with E-state index >= 15 is 0 Å². The minimum atomic E-state index is -4.79. The van der Waals surface area contributed by atoms with Gasteiger partial charge in [0.05, 0.1) is 12.3 Å². The molecule has 0 saturated heterocycles. The van der Waals surface area contributed by atoms with Crippen LogP contribution in [0.5, 0.6) is 5.75 Å². The van der Waals surface area contributed by atoms with Crippen molar-refractivity contribution in [2.75, 3.05) is 23.8 Å². The van der Waals surface area contributed by atoms with Crippen molar-refractivity contribution < 1.29 is 23.0 Å². The molecule has 0 spiro atoms. The standard InChI is InChI=1S/C20H18ClF3N4O2/c21-16-7-2-1-4-14(16)12-26-18-11-17(27-19(28-18)25-8-9-29)13-5-3-6-15(10-13)30-20(22,23)24/h1-7,10-11,29H,8-9,12H2,(H2,25,26,27,28). The van der Waals surface area contributed by atoms with Crippen LogP contribution < -0.4 is 15.4 Å². The Morgan fingerprint density at radius 1 is 1.00 bits per heavy atom. The van der Waals surface area contributed by atoms with E-state index in [4.69, 9.17) is 16.7 Å². The summed E-state index contributed by atoms with van der Waals surface area (Å²) in [4.78, 5) is 8.64. The second kappa shape index (κ2) is 9.64. The lowest BCUT2D eigenvalue weighted by atomic mass is 10.1. The van der Waals surface area contributed by atoms with E-state index in [0.717, 1.165) is 5.56 Å². The zero-order valence-electron chi connectivity index (χ0n) is 15.6. The Morgan fingerprint density at radius 2 is 1.80 bits per heavy atom. The summed E-state index contributed by atoms with van der Waals surface area (Å²) in [7, 11) is 0. The van der Waals surface area contributed by atoms with E-state index in [1.807, 2.05) is 18.2 Å². The highest BCUT2D eigenvalue weighted by Crippen LogP contribution is 2.29. The van der Waals surface area contributed by atoms with E-state index in [0.29, 0.717) is 28.6 Å². The Hall–Kier alpha value is -3.04. The van der Waals surface area contributed by atoms with Gasteiger partial charge in [0.15, 0.2) is 0 Å². The molecule has 0 saturated carbocycles. The van der Waals surface area contributed by atoms with Gasteiger partial charge in [-0.25, -0.2) is 4.98 Å². The van der Waals surface area contributed by atoms with Crippen molar-refractivity contribution in [1.29, 1.82) is 0 Å². The third-order valence-corrected chi connectivity index (χ3v) is 4.27. The first-order valence-electron chi connectivity index (χ1n) is 8.91. The summed E-state index contributed by atoms with van der Waals surface area (Å²) in [5.41, 5.74) is 1.64. The van der Waals surface area contributed by atoms with E-state index in [2.05, 4.69) is 25.3 Å². The van der Waals surface area contributed by atoms with Crippen LogP contribution in [-0.4, -0.2) is 34.6 Å². The van der Waals surface area contributed by atoms with Crippen molar-refractivity contribution in [2.45, 2.75) is 12.9 Å². The van der Waals surface area contributed by atoms with E-state index in [-0.39, 0.29) is 24.8 Å². The lowest BCUT2D eigenvalue weighted by Crippen LogP contribution is -2.17. The average Bonchev–Trinajstić information content (AvgIpc) is 2.70. The molecule has 0 aliphatic carbocycles. The van der Waals surface area contributed by atoms with Crippen LogP contribution in [0.4, 0.5) is 24.9 Å². The van der Waals surface area contributed by atoms with Crippen molar-refractivity contribution in [2.24, 2.45) is 0 Å². The Balaban J connectivity index is 1.89. The number of aliphatic hydroxyl groups is 1. The molecule has 1 heterocycles. The van der Waals surface area contributed by atoms with Crippen LogP contribution in [0.3, 0.4) is 0 Å². The van der Waals surface area contributed by atoms with Crippen LogP contribution in [0.15, 0.2) is 54.6 Å². The number of nitrogens with zero attached hydrogens (tertiary/aromatic N) is 2. The largest absolute Gasteiger partial charge is 0.573 e. The lowest BCUT2D eigenvalue weighted by molar-refractivity contribution is -0.274. The van der Waals surface area contributed by atoms with E-state index in [1.54, 1.807) is 18.2 Å². The molecule has 0 unspecified atom stereocenters. The maximum absolute atomic E-state index is 12.5. The van der Waals surface area contributed by atoms with Gasteiger partial charge < -0.3 is 20.5 Å². The molecule has 3 N–H and O–H groups in total.